The Kier molecular flexibility index (Phi) is 5.09. The molecular weight excluding hydrogens is 284 g/mol. The molecule has 1 atom stereocenters. The van der Waals surface area contributed by atoms with E-state index in [1.807, 2.05) is 11.0 Å². The molecule has 0 aromatic heterocycles. The van der Waals surface area contributed by atoms with Crippen LogP contribution in [-0.2, 0) is 11.2 Å². The fourth-order valence-electron chi connectivity index (χ4n) is 3.14. The first-order valence-electron chi connectivity index (χ1n) is 8.44. The molecule has 0 radical (unpaired) electrons. The molecule has 0 saturated carbocycles. The fourth-order valence-corrected chi connectivity index (χ4v) is 3.14. The molecule has 1 saturated heterocycles. The Balaban J connectivity index is 1.67. The van der Waals surface area contributed by atoms with Crippen molar-refractivity contribution in [2.75, 3.05) is 19.6 Å². The summed E-state index contributed by atoms with van der Waals surface area (Å²) in [6, 6.07) is 18.8. The minimum atomic E-state index is -0.0853. The second-order valence-electron chi connectivity index (χ2n) is 6.10. The molecule has 0 unspecified atom stereocenters. The molecule has 1 aliphatic rings. The van der Waals surface area contributed by atoms with Crippen molar-refractivity contribution < 1.29 is 4.79 Å². The summed E-state index contributed by atoms with van der Waals surface area (Å²) in [4.78, 5) is 14.5. The number of benzene rings is 2. The van der Waals surface area contributed by atoms with Crippen LogP contribution in [0.3, 0.4) is 0 Å². The molecule has 1 aliphatic heterocycles. The minimum absolute atomic E-state index is 0.0853. The van der Waals surface area contributed by atoms with E-state index in [0.717, 1.165) is 32.5 Å². The van der Waals surface area contributed by atoms with Gasteiger partial charge in [-0.15, -0.1) is 0 Å². The molecule has 3 heteroatoms. The van der Waals surface area contributed by atoms with Gasteiger partial charge in [0.1, 0.15) is 0 Å². The number of nitrogens with zero attached hydrogens (tertiary/aromatic N) is 1. The Hall–Kier alpha value is -2.13. The number of hydrogen-bond donors (Lipinski definition) is 1. The van der Waals surface area contributed by atoms with E-state index in [0.29, 0.717) is 0 Å². The monoisotopic (exact) mass is 308 g/mol. The van der Waals surface area contributed by atoms with Crippen LogP contribution in [0.25, 0.3) is 11.1 Å². The lowest BCUT2D eigenvalue weighted by Gasteiger charge is -2.33. The Labute approximate surface area is 138 Å². The Morgan fingerprint density at radius 1 is 1.04 bits per heavy atom. The lowest BCUT2D eigenvalue weighted by atomic mass is 9.99. The Morgan fingerprint density at radius 3 is 2.43 bits per heavy atom. The lowest BCUT2D eigenvalue weighted by Crippen LogP contribution is -2.55. The smallest absolute Gasteiger partial charge is 0.240 e. The van der Waals surface area contributed by atoms with Gasteiger partial charge in [-0.25, -0.2) is 0 Å². The molecule has 3 nitrogen and oxygen atoms in total. The van der Waals surface area contributed by atoms with Gasteiger partial charge in [0.2, 0.25) is 5.91 Å². The summed E-state index contributed by atoms with van der Waals surface area (Å²) in [6.45, 7) is 4.70. The van der Waals surface area contributed by atoms with Gasteiger partial charge in [0.15, 0.2) is 0 Å². The van der Waals surface area contributed by atoms with E-state index >= 15 is 0 Å². The highest BCUT2D eigenvalue weighted by Gasteiger charge is 2.27. The summed E-state index contributed by atoms with van der Waals surface area (Å²) in [6.07, 6.45) is 1.78. The summed E-state index contributed by atoms with van der Waals surface area (Å²) in [5.41, 5.74) is 3.64. The third-order valence-corrected chi connectivity index (χ3v) is 4.38. The molecular formula is C20H24N2O. The van der Waals surface area contributed by atoms with Crippen LogP contribution in [0.15, 0.2) is 54.6 Å². The highest BCUT2D eigenvalue weighted by molar-refractivity contribution is 5.83. The van der Waals surface area contributed by atoms with Gasteiger partial charge in [-0.2, -0.15) is 0 Å². The normalized spacial score (nSPS) is 18.2. The molecule has 3 rings (SSSR count). The summed E-state index contributed by atoms with van der Waals surface area (Å²) in [7, 11) is 0. The highest BCUT2D eigenvalue weighted by atomic mass is 16.2. The third-order valence-electron chi connectivity index (χ3n) is 4.38. The second kappa shape index (κ2) is 7.42. The van der Waals surface area contributed by atoms with E-state index in [-0.39, 0.29) is 11.9 Å². The second-order valence-corrected chi connectivity index (χ2v) is 6.10. The summed E-state index contributed by atoms with van der Waals surface area (Å²) >= 11 is 0. The Morgan fingerprint density at radius 2 is 1.74 bits per heavy atom. The molecule has 0 aliphatic carbocycles. The standard InChI is InChI=1S/C20H24N2O/c1-2-13-22-14-12-21-19(20(22)23)15-16-8-10-18(11-9-16)17-6-4-3-5-7-17/h3-11,19,21H,2,12-15H2,1H3/t19-/m0/s1. The van der Waals surface area contributed by atoms with Gasteiger partial charge < -0.3 is 10.2 Å². The predicted octanol–water partition coefficient (Wildman–Crippen LogP) is 3.11. The van der Waals surface area contributed by atoms with Gasteiger partial charge in [-0.05, 0) is 29.5 Å². The SMILES string of the molecule is CCCN1CCN[C@@H](Cc2ccc(-c3ccccc3)cc2)C1=O. The lowest BCUT2D eigenvalue weighted by molar-refractivity contribution is -0.135. The van der Waals surface area contributed by atoms with Gasteiger partial charge in [0.25, 0.3) is 0 Å². The molecule has 0 bridgehead atoms. The summed E-state index contributed by atoms with van der Waals surface area (Å²) in [5.74, 6) is 0.241. The minimum Gasteiger partial charge on any atom is -0.340 e. The van der Waals surface area contributed by atoms with E-state index in [1.165, 1.54) is 16.7 Å². The number of carbonyl (C=O) groups is 1. The summed E-state index contributed by atoms with van der Waals surface area (Å²) < 4.78 is 0. The summed E-state index contributed by atoms with van der Waals surface area (Å²) in [5, 5.41) is 3.36. The average molecular weight is 308 g/mol. The number of hydrogen-bond acceptors (Lipinski definition) is 2. The van der Waals surface area contributed by atoms with Crippen molar-refractivity contribution in [3.8, 4) is 11.1 Å². The van der Waals surface area contributed by atoms with Crippen LogP contribution >= 0.6 is 0 Å². The number of piperazine rings is 1. The zero-order valence-electron chi connectivity index (χ0n) is 13.7. The van der Waals surface area contributed by atoms with Crippen molar-refractivity contribution in [2.45, 2.75) is 25.8 Å². The first kappa shape index (κ1) is 15.8. The van der Waals surface area contributed by atoms with Gasteiger partial charge in [-0.1, -0.05) is 61.5 Å². The van der Waals surface area contributed by atoms with Crippen LogP contribution in [0, 0.1) is 0 Å². The van der Waals surface area contributed by atoms with Gasteiger partial charge in [0.05, 0.1) is 6.04 Å². The largest absolute Gasteiger partial charge is 0.340 e. The molecule has 2 aromatic carbocycles. The molecule has 1 heterocycles. The number of carbonyl (C=O) groups excluding carboxylic acids is 1. The molecule has 120 valence electrons. The highest BCUT2D eigenvalue weighted by Crippen LogP contribution is 2.20. The van der Waals surface area contributed by atoms with E-state index in [4.69, 9.17) is 0 Å². The van der Waals surface area contributed by atoms with E-state index in [1.54, 1.807) is 0 Å². The average Bonchev–Trinajstić information content (AvgIpc) is 2.60. The van der Waals surface area contributed by atoms with E-state index in [9.17, 15) is 4.79 Å². The molecule has 1 N–H and O–H groups in total. The zero-order valence-corrected chi connectivity index (χ0v) is 13.7. The first-order chi connectivity index (χ1) is 11.3. The van der Waals surface area contributed by atoms with Crippen LogP contribution < -0.4 is 5.32 Å². The zero-order chi connectivity index (χ0) is 16.1. The van der Waals surface area contributed by atoms with Gasteiger partial charge in [-0.3, -0.25) is 4.79 Å². The van der Waals surface area contributed by atoms with Crippen molar-refractivity contribution in [3.05, 3.63) is 60.2 Å². The van der Waals surface area contributed by atoms with Crippen molar-refractivity contribution in [3.63, 3.8) is 0 Å². The predicted molar refractivity (Wildman–Crippen MR) is 94.2 cm³/mol. The maximum absolute atomic E-state index is 12.5. The van der Waals surface area contributed by atoms with E-state index in [2.05, 4.69) is 60.8 Å². The third kappa shape index (κ3) is 3.80. The van der Waals surface area contributed by atoms with Gasteiger partial charge in [0, 0.05) is 19.6 Å². The molecule has 1 fully saturated rings. The molecule has 1 amide bonds. The van der Waals surface area contributed by atoms with Gasteiger partial charge >= 0.3 is 0 Å². The quantitative estimate of drug-likeness (QED) is 0.920. The molecule has 0 spiro atoms. The number of amides is 1. The van der Waals surface area contributed by atoms with Crippen LogP contribution in [0.5, 0.6) is 0 Å². The van der Waals surface area contributed by atoms with E-state index < -0.39 is 0 Å². The van der Waals surface area contributed by atoms with Crippen LogP contribution in [0.2, 0.25) is 0 Å². The van der Waals surface area contributed by atoms with Crippen molar-refractivity contribution in [1.82, 2.24) is 10.2 Å². The maximum atomic E-state index is 12.5. The first-order valence-corrected chi connectivity index (χ1v) is 8.44. The van der Waals surface area contributed by atoms with Crippen molar-refractivity contribution in [2.24, 2.45) is 0 Å². The fraction of sp³-hybridized carbons (Fsp3) is 0.350. The van der Waals surface area contributed by atoms with Crippen LogP contribution in [0.1, 0.15) is 18.9 Å². The van der Waals surface area contributed by atoms with Crippen LogP contribution in [0.4, 0.5) is 0 Å². The van der Waals surface area contributed by atoms with Crippen LogP contribution in [-0.4, -0.2) is 36.5 Å². The molecule has 23 heavy (non-hydrogen) atoms. The van der Waals surface area contributed by atoms with Crippen molar-refractivity contribution >= 4 is 5.91 Å². The Bertz CT molecular complexity index is 634. The topological polar surface area (TPSA) is 32.3 Å². The number of rotatable bonds is 5. The number of nitrogens with one attached hydrogen (secondary N) is 1. The maximum Gasteiger partial charge on any atom is 0.240 e. The molecule has 2 aromatic rings. The van der Waals surface area contributed by atoms with Crippen molar-refractivity contribution in [1.29, 1.82) is 0 Å².